The van der Waals surface area contributed by atoms with E-state index in [0.29, 0.717) is 23.0 Å². The summed E-state index contributed by atoms with van der Waals surface area (Å²) in [5.41, 5.74) is 2.37. The summed E-state index contributed by atoms with van der Waals surface area (Å²) in [4.78, 5) is 15.5. The molecule has 0 spiro atoms. The van der Waals surface area contributed by atoms with E-state index in [4.69, 9.17) is 4.42 Å². The van der Waals surface area contributed by atoms with Crippen molar-refractivity contribution < 1.29 is 14.3 Å². The van der Waals surface area contributed by atoms with Gasteiger partial charge in [-0.3, -0.25) is 4.79 Å². The highest BCUT2D eigenvalue weighted by molar-refractivity contribution is 6.05. The van der Waals surface area contributed by atoms with Crippen molar-refractivity contribution >= 4 is 28.6 Å². The number of carbonyl (C=O) groups excluding carboxylic acids is 1. The minimum atomic E-state index is 0.180. The zero-order valence-corrected chi connectivity index (χ0v) is 11.0. The number of anilines is 1. The Morgan fingerprint density at radius 2 is 1.90 bits per heavy atom. The first kappa shape index (κ1) is 12.9. The van der Waals surface area contributed by atoms with Gasteiger partial charge in [-0.1, -0.05) is 12.1 Å². The molecule has 0 aliphatic carbocycles. The van der Waals surface area contributed by atoms with Crippen LogP contribution in [-0.4, -0.2) is 16.4 Å². The van der Waals surface area contributed by atoms with Crippen molar-refractivity contribution in [3.63, 3.8) is 0 Å². The molecule has 0 bridgehead atoms. The Labute approximate surface area is 120 Å². The monoisotopic (exact) mass is 280 g/mol. The summed E-state index contributed by atoms with van der Waals surface area (Å²) < 4.78 is 5.54. The van der Waals surface area contributed by atoms with Crippen molar-refractivity contribution in [2.24, 2.45) is 0 Å². The summed E-state index contributed by atoms with van der Waals surface area (Å²) in [5.74, 6) is 0.441. The summed E-state index contributed by atoms with van der Waals surface area (Å²) in [6.07, 6.45) is 2.20. The molecule has 0 saturated heterocycles. The molecule has 0 atom stereocenters. The number of carbonyl (C=O) groups is 1. The van der Waals surface area contributed by atoms with Crippen LogP contribution in [0.2, 0.25) is 0 Å². The molecule has 3 aromatic rings. The van der Waals surface area contributed by atoms with E-state index in [1.165, 1.54) is 6.20 Å². The molecule has 21 heavy (non-hydrogen) atoms. The largest absolute Gasteiger partial charge is 0.508 e. The quantitative estimate of drug-likeness (QED) is 0.436. The first-order chi connectivity index (χ1) is 10.3. The van der Waals surface area contributed by atoms with Crippen molar-refractivity contribution in [3.8, 4) is 5.75 Å². The van der Waals surface area contributed by atoms with Crippen molar-refractivity contribution in [1.29, 1.82) is 0 Å². The van der Waals surface area contributed by atoms with E-state index in [-0.39, 0.29) is 11.6 Å². The molecule has 104 valence electrons. The number of nitrogens with zero attached hydrogens (tertiary/aromatic N) is 1. The molecule has 0 unspecified atom stereocenters. The summed E-state index contributed by atoms with van der Waals surface area (Å²) in [6.45, 7) is 0. The number of rotatable bonds is 4. The molecular formula is C16H12N2O3. The average Bonchev–Trinajstić information content (AvgIpc) is 2.93. The van der Waals surface area contributed by atoms with Gasteiger partial charge in [-0.2, -0.15) is 0 Å². The molecule has 0 aliphatic heterocycles. The molecule has 5 heteroatoms. The summed E-state index contributed by atoms with van der Waals surface area (Å²) >= 11 is 0. The molecular weight excluding hydrogens is 268 g/mol. The maximum Gasteiger partial charge on any atom is 0.232 e. The fourth-order valence-corrected chi connectivity index (χ4v) is 1.86. The van der Waals surface area contributed by atoms with E-state index in [2.05, 4.69) is 10.3 Å². The lowest BCUT2D eigenvalue weighted by Crippen LogP contribution is -1.93. The van der Waals surface area contributed by atoms with Crippen LogP contribution >= 0.6 is 0 Å². The van der Waals surface area contributed by atoms with Gasteiger partial charge in [-0.15, -0.1) is 0 Å². The average molecular weight is 280 g/mol. The van der Waals surface area contributed by atoms with Crippen molar-refractivity contribution in [2.75, 3.05) is 5.32 Å². The molecule has 2 aromatic carbocycles. The van der Waals surface area contributed by atoms with Crippen LogP contribution in [0.15, 0.2) is 59.1 Å². The molecule has 0 fully saturated rings. The molecule has 1 aromatic heterocycles. The lowest BCUT2D eigenvalue weighted by Gasteiger charge is -2.01. The number of benzene rings is 2. The number of oxazole rings is 1. The Kier molecular flexibility index (Phi) is 3.39. The fraction of sp³-hybridized carbons (Fsp3) is 0. The molecule has 0 amide bonds. The van der Waals surface area contributed by atoms with Gasteiger partial charge in [-0.05, 0) is 36.4 Å². The number of fused-ring (bicyclic) bond motifs is 1. The smallest absolute Gasteiger partial charge is 0.232 e. The van der Waals surface area contributed by atoms with E-state index in [1.807, 2.05) is 18.2 Å². The van der Waals surface area contributed by atoms with Crippen LogP contribution in [0.3, 0.4) is 0 Å². The molecule has 0 aliphatic rings. The molecule has 3 rings (SSSR count). The Bertz CT molecular complexity index is 771. The topological polar surface area (TPSA) is 75.4 Å². The first-order valence-corrected chi connectivity index (χ1v) is 6.33. The van der Waals surface area contributed by atoms with Gasteiger partial charge in [0.25, 0.3) is 0 Å². The first-order valence-electron chi connectivity index (χ1n) is 6.33. The van der Waals surface area contributed by atoms with Crippen LogP contribution in [0.4, 0.5) is 5.69 Å². The highest BCUT2D eigenvalue weighted by Gasteiger charge is 2.09. The number of nitrogens with one attached hydrogen (secondary N) is 1. The number of aldehydes is 1. The fourth-order valence-electron chi connectivity index (χ4n) is 1.86. The molecule has 2 N–H and O–H groups in total. The van der Waals surface area contributed by atoms with Gasteiger partial charge in [0.1, 0.15) is 11.3 Å². The lowest BCUT2D eigenvalue weighted by atomic mass is 10.3. The van der Waals surface area contributed by atoms with E-state index in [1.54, 1.807) is 30.3 Å². The van der Waals surface area contributed by atoms with Crippen LogP contribution in [0.25, 0.3) is 16.7 Å². The third-order valence-corrected chi connectivity index (χ3v) is 2.93. The third-order valence-electron chi connectivity index (χ3n) is 2.93. The van der Waals surface area contributed by atoms with E-state index >= 15 is 0 Å². The maximum atomic E-state index is 11.2. The standard InChI is InChI=1S/C16H12N2O3/c19-10-11(9-17-12-5-7-13(20)8-6-12)16-18-14-3-1-2-4-15(14)21-16/h1-10,17,20H. The van der Waals surface area contributed by atoms with Gasteiger partial charge in [-0.25, -0.2) is 4.98 Å². The SMILES string of the molecule is O=CC(=CNc1ccc(O)cc1)c1nc2ccccc2o1. The predicted molar refractivity (Wildman–Crippen MR) is 79.8 cm³/mol. The van der Waals surface area contributed by atoms with Gasteiger partial charge in [0.2, 0.25) is 5.89 Å². The highest BCUT2D eigenvalue weighted by atomic mass is 16.3. The predicted octanol–water partition coefficient (Wildman–Crippen LogP) is 3.19. The molecule has 0 radical (unpaired) electrons. The number of hydrogen-bond donors (Lipinski definition) is 2. The van der Waals surface area contributed by atoms with Crippen LogP contribution in [0.5, 0.6) is 5.75 Å². The maximum absolute atomic E-state index is 11.2. The van der Waals surface area contributed by atoms with Gasteiger partial charge >= 0.3 is 0 Å². The summed E-state index contributed by atoms with van der Waals surface area (Å²) in [7, 11) is 0. The van der Waals surface area contributed by atoms with Gasteiger partial charge in [0.15, 0.2) is 11.9 Å². The van der Waals surface area contributed by atoms with Crippen molar-refractivity contribution in [2.45, 2.75) is 0 Å². The number of allylic oxidation sites excluding steroid dienone is 1. The zero-order chi connectivity index (χ0) is 14.7. The molecule has 5 nitrogen and oxygen atoms in total. The van der Waals surface area contributed by atoms with E-state index < -0.39 is 0 Å². The van der Waals surface area contributed by atoms with Crippen molar-refractivity contribution in [1.82, 2.24) is 4.98 Å². The van der Waals surface area contributed by atoms with Crippen LogP contribution in [0, 0.1) is 0 Å². The number of hydrogen-bond acceptors (Lipinski definition) is 5. The lowest BCUT2D eigenvalue weighted by molar-refractivity contribution is -0.103. The number of phenolic OH excluding ortho intramolecular Hbond substituents is 1. The van der Waals surface area contributed by atoms with Gasteiger partial charge in [0, 0.05) is 11.9 Å². The minimum absolute atomic E-state index is 0.180. The van der Waals surface area contributed by atoms with Crippen LogP contribution < -0.4 is 5.32 Å². The number of aromatic hydroxyl groups is 1. The van der Waals surface area contributed by atoms with E-state index in [9.17, 15) is 9.90 Å². The van der Waals surface area contributed by atoms with E-state index in [0.717, 1.165) is 5.69 Å². The Balaban J connectivity index is 1.88. The normalized spacial score (nSPS) is 11.5. The number of aromatic nitrogens is 1. The van der Waals surface area contributed by atoms with Crippen LogP contribution in [0.1, 0.15) is 5.89 Å². The highest BCUT2D eigenvalue weighted by Crippen LogP contribution is 2.20. The zero-order valence-electron chi connectivity index (χ0n) is 11.0. The number of phenols is 1. The molecule has 0 saturated carbocycles. The number of para-hydroxylation sites is 2. The summed E-state index contributed by atoms with van der Waals surface area (Å²) in [5, 5.41) is 12.2. The van der Waals surface area contributed by atoms with Crippen LogP contribution in [-0.2, 0) is 4.79 Å². The Morgan fingerprint density at radius 1 is 1.14 bits per heavy atom. The second kappa shape index (κ2) is 5.50. The Hall–Kier alpha value is -3.08. The minimum Gasteiger partial charge on any atom is -0.508 e. The van der Waals surface area contributed by atoms with Gasteiger partial charge < -0.3 is 14.8 Å². The third kappa shape index (κ3) is 2.76. The molecule has 1 heterocycles. The second-order valence-corrected chi connectivity index (χ2v) is 4.40. The van der Waals surface area contributed by atoms with Crippen molar-refractivity contribution in [3.05, 3.63) is 60.6 Å². The second-order valence-electron chi connectivity index (χ2n) is 4.40. The van der Waals surface area contributed by atoms with Gasteiger partial charge in [0.05, 0.1) is 5.57 Å². The summed E-state index contributed by atoms with van der Waals surface area (Å²) in [6, 6.07) is 13.8. The Morgan fingerprint density at radius 3 is 2.62 bits per heavy atom.